The Kier molecular flexibility index (Phi) is 2.96. The van der Waals surface area contributed by atoms with E-state index >= 15 is 0 Å². The Labute approximate surface area is 92.3 Å². The molecule has 0 aromatic rings. The lowest BCUT2D eigenvalue weighted by molar-refractivity contribution is -0.128. The highest BCUT2D eigenvalue weighted by Gasteiger charge is 2.48. The summed E-state index contributed by atoms with van der Waals surface area (Å²) < 4.78 is 0. The third-order valence-electron chi connectivity index (χ3n) is 3.94. The first-order chi connectivity index (χ1) is 7.21. The van der Waals surface area contributed by atoms with Gasteiger partial charge in [-0.3, -0.25) is 9.69 Å². The van der Waals surface area contributed by atoms with E-state index in [2.05, 4.69) is 24.8 Å². The summed E-state index contributed by atoms with van der Waals surface area (Å²) >= 11 is 0. The summed E-state index contributed by atoms with van der Waals surface area (Å²) in [6.45, 7) is 6.51. The molecule has 1 saturated heterocycles. The standard InChI is InChI=1S/C13H21NO/c1-3-9-14-10-5-8-13(14)11(2)6-4-7-12(13)15/h6H,3-5,7-10H2,1-2H3. The van der Waals surface area contributed by atoms with Crippen LogP contribution in [0.1, 0.15) is 46.0 Å². The van der Waals surface area contributed by atoms with E-state index in [4.69, 9.17) is 0 Å². The summed E-state index contributed by atoms with van der Waals surface area (Å²) in [6, 6.07) is 0. The number of Topliss-reactive ketones (excluding diaryl/α,β-unsaturated/α-hetero) is 1. The van der Waals surface area contributed by atoms with Crippen molar-refractivity contribution in [3.05, 3.63) is 11.6 Å². The smallest absolute Gasteiger partial charge is 0.157 e. The van der Waals surface area contributed by atoms with Crippen molar-refractivity contribution in [1.82, 2.24) is 4.90 Å². The Balaban J connectivity index is 2.32. The molecule has 0 aromatic carbocycles. The number of ketones is 1. The van der Waals surface area contributed by atoms with E-state index in [1.165, 1.54) is 12.0 Å². The molecule has 1 fully saturated rings. The van der Waals surface area contributed by atoms with Crippen molar-refractivity contribution in [3.63, 3.8) is 0 Å². The number of nitrogens with zero attached hydrogens (tertiary/aromatic N) is 1. The van der Waals surface area contributed by atoms with Crippen molar-refractivity contribution < 1.29 is 4.79 Å². The molecule has 1 unspecified atom stereocenters. The molecule has 2 rings (SSSR count). The van der Waals surface area contributed by atoms with Crippen LogP contribution in [0.3, 0.4) is 0 Å². The van der Waals surface area contributed by atoms with Gasteiger partial charge in [-0.25, -0.2) is 0 Å². The van der Waals surface area contributed by atoms with E-state index in [-0.39, 0.29) is 5.54 Å². The van der Waals surface area contributed by atoms with Crippen LogP contribution in [0.25, 0.3) is 0 Å². The van der Waals surface area contributed by atoms with Crippen LogP contribution in [0.15, 0.2) is 11.6 Å². The van der Waals surface area contributed by atoms with Crippen LogP contribution < -0.4 is 0 Å². The second kappa shape index (κ2) is 4.09. The maximum atomic E-state index is 12.2. The molecule has 1 spiro atoms. The summed E-state index contributed by atoms with van der Waals surface area (Å²) in [5.41, 5.74) is 1.12. The van der Waals surface area contributed by atoms with Gasteiger partial charge in [0.05, 0.1) is 0 Å². The Morgan fingerprint density at radius 1 is 1.53 bits per heavy atom. The Hall–Kier alpha value is -0.630. The molecule has 1 aliphatic carbocycles. The van der Waals surface area contributed by atoms with E-state index < -0.39 is 0 Å². The van der Waals surface area contributed by atoms with Crippen molar-refractivity contribution in [2.75, 3.05) is 13.1 Å². The van der Waals surface area contributed by atoms with Crippen LogP contribution in [0, 0.1) is 0 Å². The summed E-state index contributed by atoms with van der Waals surface area (Å²) in [5.74, 6) is 0.466. The minimum atomic E-state index is -0.186. The molecule has 1 heterocycles. The second-order valence-corrected chi connectivity index (χ2v) is 4.80. The predicted molar refractivity (Wildman–Crippen MR) is 61.8 cm³/mol. The average Bonchev–Trinajstić information content (AvgIpc) is 2.61. The molecule has 84 valence electrons. The largest absolute Gasteiger partial charge is 0.297 e. The average molecular weight is 207 g/mol. The van der Waals surface area contributed by atoms with Gasteiger partial charge in [0.15, 0.2) is 5.78 Å². The molecular formula is C13H21NO. The van der Waals surface area contributed by atoms with Crippen LogP contribution in [0.5, 0.6) is 0 Å². The molecule has 1 aliphatic heterocycles. The number of likely N-dealkylation sites (tertiary alicyclic amines) is 1. The lowest BCUT2D eigenvalue weighted by Crippen LogP contribution is -2.52. The highest BCUT2D eigenvalue weighted by Crippen LogP contribution is 2.40. The molecule has 0 radical (unpaired) electrons. The minimum Gasteiger partial charge on any atom is -0.297 e. The van der Waals surface area contributed by atoms with Gasteiger partial charge in [-0.2, -0.15) is 0 Å². The molecular weight excluding hydrogens is 186 g/mol. The molecule has 0 N–H and O–H groups in total. The van der Waals surface area contributed by atoms with Gasteiger partial charge in [-0.05, 0) is 51.3 Å². The van der Waals surface area contributed by atoms with Gasteiger partial charge in [-0.1, -0.05) is 13.0 Å². The Morgan fingerprint density at radius 3 is 3.00 bits per heavy atom. The summed E-state index contributed by atoms with van der Waals surface area (Å²) in [5, 5.41) is 0. The van der Waals surface area contributed by atoms with E-state index in [0.29, 0.717) is 5.78 Å². The third kappa shape index (κ3) is 1.55. The highest BCUT2D eigenvalue weighted by atomic mass is 16.1. The van der Waals surface area contributed by atoms with Crippen LogP contribution in [-0.2, 0) is 4.79 Å². The lowest BCUT2D eigenvalue weighted by Gasteiger charge is -2.40. The first-order valence-corrected chi connectivity index (χ1v) is 6.17. The highest BCUT2D eigenvalue weighted by molar-refractivity contribution is 5.93. The predicted octanol–water partition coefficient (Wildman–Crippen LogP) is 2.54. The quantitative estimate of drug-likeness (QED) is 0.649. The van der Waals surface area contributed by atoms with Crippen molar-refractivity contribution in [2.24, 2.45) is 0 Å². The fraction of sp³-hybridized carbons (Fsp3) is 0.769. The first-order valence-electron chi connectivity index (χ1n) is 6.17. The number of rotatable bonds is 2. The van der Waals surface area contributed by atoms with Crippen LogP contribution in [0.4, 0.5) is 0 Å². The van der Waals surface area contributed by atoms with Gasteiger partial charge >= 0.3 is 0 Å². The van der Waals surface area contributed by atoms with Gasteiger partial charge in [0.2, 0.25) is 0 Å². The van der Waals surface area contributed by atoms with E-state index in [1.54, 1.807) is 0 Å². The number of carbonyl (C=O) groups is 1. The number of allylic oxidation sites excluding steroid dienone is 1. The van der Waals surface area contributed by atoms with E-state index in [0.717, 1.165) is 38.8 Å². The molecule has 15 heavy (non-hydrogen) atoms. The van der Waals surface area contributed by atoms with Gasteiger partial charge in [0.1, 0.15) is 5.54 Å². The maximum absolute atomic E-state index is 12.2. The molecule has 2 nitrogen and oxygen atoms in total. The van der Waals surface area contributed by atoms with Gasteiger partial charge in [0, 0.05) is 6.42 Å². The van der Waals surface area contributed by atoms with Crippen molar-refractivity contribution in [2.45, 2.75) is 51.5 Å². The van der Waals surface area contributed by atoms with Gasteiger partial charge in [0.25, 0.3) is 0 Å². The first kappa shape index (κ1) is 10.9. The van der Waals surface area contributed by atoms with Gasteiger partial charge in [-0.15, -0.1) is 0 Å². The van der Waals surface area contributed by atoms with Crippen LogP contribution in [-0.4, -0.2) is 29.3 Å². The van der Waals surface area contributed by atoms with Crippen LogP contribution >= 0.6 is 0 Å². The van der Waals surface area contributed by atoms with Gasteiger partial charge < -0.3 is 0 Å². The zero-order valence-corrected chi connectivity index (χ0v) is 9.88. The summed E-state index contributed by atoms with van der Waals surface area (Å²) in [4.78, 5) is 14.6. The number of hydrogen-bond donors (Lipinski definition) is 0. The number of hydrogen-bond acceptors (Lipinski definition) is 2. The maximum Gasteiger partial charge on any atom is 0.157 e. The van der Waals surface area contributed by atoms with Crippen molar-refractivity contribution in [1.29, 1.82) is 0 Å². The molecule has 0 aromatic heterocycles. The van der Waals surface area contributed by atoms with E-state index in [9.17, 15) is 4.79 Å². The molecule has 0 amide bonds. The molecule has 0 saturated carbocycles. The SMILES string of the molecule is CCCN1CCCC12C(=O)CCC=C2C. The molecule has 0 bridgehead atoms. The Morgan fingerprint density at radius 2 is 2.33 bits per heavy atom. The van der Waals surface area contributed by atoms with E-state index in [1.807, 2.05) is 0 Å². The lowest BCUT2D eigenvalue weighted by atomic mass is 9.77. The number of carbonyl (C=O) groups excluding carboxylic acids is 1. The zero-order valence-electron chi connectivity index (χ0n) is 9.88. The molecule has 2 aliphatic rings. The topological polar surface area (TPSA) is 20.3 Å². The Bertz CT molecular complexity index is 295. The third-order valence-corrected chi connectivity index (χ3v) is 3.94. The monoisotopic (exact) mass is 207 g/mol. The zero-order chi connectivity index (χ0) is 10.9. The fourth-order valence-electron chi connectivity index (χ4n) is 3.22. The summed E-state index contributed by atoms with van der Waals surface area (Å²) in [7, 11) is 0. The van der Waals surface area contributed by atoms with Crippen molar-refractivity contribution >= 4 is 5.78 Å². The molecule has 2 heteroatoms. The fourth-order valence-corrected chi connectivity index (χ4v) is 3.22. The minimum absolute atomic E-state index is 0.186. The normalized spacial score (nSPS) is 32.4. The molecule has 1 atom stereocenters. The summed E-state index contributed by atoms with van der Waals surface area (Å²) in [6.07, 6.45) is 7.34. The van der Waals surface area contributed by atoms with Crippen LogP contribution in [0.2, 0.25) is 0 Å². The second-order valence-electron chi connectivity index (χ2n) is 4.80. The van der Waals surface area contributed by atoms with Crippen molar-refractivity contribution in [3.8, 4) is 0 Å².